The molecule has 1 aromatic heterocycles. The second-order valence-electron chi connectivity index (χ2n) is 14.5. The van der Waals surface area contributed by atoms with Crippen LogP contribution in [0.25, 0.3) is 22.2 Å². The summed E-state index contributed by atoms with van der Waals surface area (Å²) in [6.07, 6.45) is 2.89. The summed E-state index contributed by atoms with van der Waals surface area (Å²) in [4.78, 5) is 62.2. The predicted octanol–water partition coefficient (Wildman–Crippen LogP) is 4.41. The van der Waals surface area contributed by atoms with Crippen LogP contribution in [0.15, 0.2) is 67.3 Å². The van der Waals surface area contributed by atoms with Crippen LogP contribution in [-0.4, -0.2) is 101 Å². The van der Waals surface area contributed by atoms with Crippen molar-refractivity contribution in [2.24, 2.45) is 11.8 Å². The molecule has 3 heterocycles. The Bertz CT molecular complexity index is 1810. The first-order valence-corrected chi connectivity index (χ1v) is 17.6. The van der Waals surface area contributed by atoms with Crippen LogP contribution in [0.5, 0.6) is 5.75 Å². The highest BCUT2D eigenvalue weighted by Gasteiger charge is 2.61. The number of nitrogens with one attached hydrogen (secondary N) is 2. The maximum atomic E-state index is 14.3. The number of likely N-dealkylation sites (N-methyl/N-ethyl adjacent to an activating group) is 1. The van der Waals surface area contributed by atoms with Crippen molar-refractivity contribution in [1.29, 1.82) is 0 Å². The van der Waals surface area contributed by atoms with E-state index < -0.39 is 53.5 Å². The number of fused-ring (bicyclic) bond motifs is 3. The lowest BCUT2D eigenvalue weighted by Crippen LogP contribution is -2.57. The van der Waals surface area contributed by atoms with Gasteiger partial charge in [-0.2, -0.15) is 0 Å². The number of carbonyl (C=O) groups excluding carboxylic acids is 3. The third-order valence-corrected chi connectivity index (χ3v) is 10.4. The average molecular weight is 698 g/mol. The molecule has 3 aromatic rings. The molecule has 1 unspecified atom stereocenters. The first-order chi connectivity index (χ1) is 24.4. The van der Waals surface area contributed by atoms with E-state index in [0.717, 1.165) is 47.0 Å². The normalized spacial score (nSPS) is 26.9. The van der Waals surface area contributed by atoms with E-state index in [1.54, 1.807) is 13.8 Å². The van der Waals surface area contributed by atoms with E-state index >= 15 is 0 Å². The van der Waals surface area contributed by atoms with Crippen LogP contribution in [0.1, 0.15) is 45.1 Å². The smallest absolute Gasteiger partial charge is 0.407 e. The highest BCUT2D eigenvalue weighted by molar-refractivity contribution is 5.96. The zero-order chi connectivity index (χ0) is 36.4. The van der Waals surface area contributed by atoms with Gasteiger partial charge in [0.15, 0.2) is 0 Å². The number of ether oxygens (including phenoxy) is 2. The van der Waals surface area contributed by atoms with E-state index in [2.05, 4.69) is 29.3 Å². The van der Waals surface area contributed by atoms with Gasteiger partial charge in [-0.05, 0) is 63.4 Å². The van der Waals surface area contributed by atoms with E-state index in [1.807, 2.05) is 61.5 Å². The van der Waals surface area contributed by atoms with E-state index in [1.165, 1.54) is 11.0 Å². The molecule has 2 aliphatic heterocycles. The number of alkyl carbamates (subject to hydrolysis) is 1. The topological polar surface area (TPSA) is 150 Å². The van der Waals surface area contributed by atoms with Gasteiger partial charge in [-0.25, -0.2) is 14.6 Å². The lowest BCUT2D eigenvalue weighted by Gasteiger charge is -2.31. The Morgan fingerprint density at radius 1 is 1.16 bits per heavy atom. The minimum absolute atomic E-state index is 0.0364. The number of aryl methyl sites for hydroxylation is 1. The standard InChI is InChI=1S/C39H47N5O7/c1-6-26-20-39(26,37(47)48)42-35(45)32-18-28-21-44(32)36(46)34(23(2)3)41-38(49)50-22-27(43(4)5)14-10-11-24-15-16-30-29(17-24)33(51-28)19-31(40-30)25-12-8-7-9-13-25/h6-9,12-13,15-17,19,23,26-28,32,34H,1,10-11,14,18,20-22H2,2-5H3,(H,41,49)(H,42,45)(H,47,48)/t26-,27?,28-,32+,34+,39-/m1/s1. The number of amides is 3. The summed E-state index contributed by atoms with van der Waals surface area (Å²) in [5.41, 5.74) is 2.00. The van der Waals surface area contributed by atoms with Crippen LogP contribution in [0.4, 0.5) is 4.79 Å². The molecule has 4 bridgehead atoms. The van der Waals surface area contributed by atoms with E-state index in [0.29, 0.717) is 5.75 Å². The summed E-state index contributed by atoms with van der Waals surface area (Å²) in [5.74, 6) is -2.44. The van der Waals surface area contributed by atoms with Gasteiger partial charge in [0, 0.05) is 35.4 Å². The van der Waals surface area contributed by atoms with Crippen LogP contribution in [0, 0.1) is 11.8 Å². The van der Waals surface area contributed by atoms with Crippen molar-refractivity contribution in [2.75, 3.05) is 27.2 Å². The molecular formula is C39H47N5O7. The van der Waals surface area contributed by atoms with Crippen molar-refractivity contribution < 1.29 is 33.8 Å². The summed E-state index contributed by atoms with van der Waals surface area (Å²) in [5, 5.41) is 16.3. The number of carboxylic acids is 1. The quantitative estimate of drug-likeness (QED) is 0.305. The van der Waals surface area contributed by atoms with Gasteiger partial charge < -0.3 is 35.0 Å². The first-order valence-electron chi connectivity index (χ1n) is 17.6. The third-order valence-electron chi connectivity index (χ3n) is 10.4. The van der Waals surface area contributed by atoms with Gasteiger partial charge in [-0.15, -0.1) is 6.58 Å². The molecule has 3 N–H and O–H groups in total. The molecule has 270 valence electrons. The number of hydrogen-bond donors (Lipinski definition) is 3. The summed E-state index contributed by atoms with van der Waals surface area (Å²) < 4.78 is 12.4. The average Bonchev–Trinajstić information content (AvgIpc) is 3.67. The fraction of sp³-hybridized carbons (Fsp3) is 0.462. The Labute approximate surface area is 298 Å². The summed E-state index contributed by atoms with van der Waals surface area (Å²) in [6, 6.07) is 15.7. The van der Waals surface area contributed by atoms with Crippen molar-refractivity contribution in [3.05, 3.63) is 72.8 Å². The maximum Gasteiger partial charge on any atom is 0.407 e. The molecule has 51 heavy (non-hydrogen) atoms. The Hall–Kier alpha value is -4.97. The monoisotopic (exact) mass is 697 g/mol. The van der Waals surface area contributed by atoms with Crippen LogP contribution in [0.2, 0.25) is 0 Å². The number of benzene rings is 2. The molecule has 6 atom stereocenters. The fourth-order valence-corrected chi connectivity index (χ4v) is 7.19. The molecule has 12 nitrogen and oxygen atoms in total. The van der Waals surface area contributed by atoms with Crippen LogP contribution < -0.4 is 15.4 Å². The van der Waals surface area contributed by atoms with Gasteiger partial charge >= 0.3 is 12.1 Å². The van der Waals surface area contributed by atoms with E-state index in [-0.39, 0.29) is 38.0 Å². The predicted molar refractivity (Wildman–Crippen MR) is 192 cm³/mol. The minimum atomic E-state index is -1.48. The van der Waals surface area contributed by atoms with Crippen molar-refractivity contribution in [3.63, 3.8) is 0 Å². The zero-order valence-corrected chi connectivity index (χ0v) is 29.6. The number of aromatic nitrogens is 1. The Morgan fingerprint density at radius 2 is 1.92 bits per heavy atom. The number of cyclic esters (lactones) is 1. The van der Waals surface area contributed by atoms with Gasteiger partial charge in [0.05, 0.1) is 17.8 Å². The second kappa shape index (κ2) is 14.7. The number of aliphatic carboxylic acids is 1. The summed E-state index contributed by atoms with van der Waals surface area (Å²) in [7, 11) is 3.88. The summed E-state index contributed by atoms with van der Waals surface area (Å²) in [6.45, 7) is 7.51. The molecule has 0 spiro atoms. The molecular weight excluding hydrogens is 650 g/mol. The molecule has 3 aliphatic rings. The molecule has 2 aromatic carbocycles. The Balaban J connectivity index is 1.41. The van der Waals surface area contributed by atoms with E-state index in [4.69, 9.17) is 14.5 Å². The lowest BCUT2D eigenvalue weighted by atomic mass is 10.0. The SMILES string of the molecule is C=C[C@@H]1C[C@]1(NC(=O)[C@@H]1C[C@@H]2CN1C(=O)[C@H](C(C)C)NC(=O)OCC(N(C)C)CCCc1ccc3nc(-c4ccccc4)cc(c3c1)O2)C(=O)O. The fourth-order valence-electron chi connectivity index (χ4n) is 7.19. The van der Waals surface area contributed by atoms with Gasteiger partial charge in [-0.1, -0.05) is 56.3 Å². The van der Waals surface area contributed by atoms with E-state index in [9.17, 15) is 24.3 Å². The van der Waals surface area contributed by atoms with Gasteiger partial charge in [0.1, 0.15) is 36.1 Å². The number of carboxylic acid groups (broad SMARTS) is 1. The number of carbonyl (C=O) groups is 4. The maximum absolute atomic E-state index is 14.3. The third kappa shape index (κ3) is 7.56. The zero-order valence-electron chi connectivity index (χ0n) is 29.6. The van der Waals surface area contributed by atoms with Crippen LogP contribution >= 0.6 is 0 Å². The molecule has 2 fully saturated rings. The molecule has 0 radical (unpaired) electrons. The molecule has 1 aliphatic carbocycles. The van der Waals surface area contributed by atoms with Gasteiger partial charge in [-0.3, -0.25) is 9.59 Å². The Morgan fingerprint density at radius 3 is 2.59 bits per heavy atom. The number of hydrogen-bond acceptors (Lipinski definition) is 8. The number of rotatable bonds is 7. The minimum Gasteiger partial charge on any atom is -0.488 e. The van der Waals surface area contributed by atoms with Gasteiger partial charge in [0.25, 0.3) is 0 Å². The highest BCUT2D eigenvalue weighted by atomic mass is 16.5. The molecule has 3 amide bonds. The molecule has 1 saturated carbocycles. The van der Waals surface area contributed by atoms with Gasteiger partial charge in [0.2, 0.25) is 11.8 Å². The Kier molecular flexibility index (Phi) is 10.3. The highest BCUT2D eigenvalue weighted by Crippen LogP contribution is 2.45. The molecule has 12 heteroatoms. The number of nitrogens with zero attached hydrogens (tertiary/aromatic N) is 3. The van der Waals surface area contributed by atoms with Crippen molar-refractivity contribution in [1.82, 2.24) is 25.4 Å². The van der Waals surface area contributed by atoms with Crippen LogP contribution in [-0.2, 0) is 25.5 Å². The van der Waals surface area contributed by atoms with Crippen molar-refractivity contribution >= 4 is 34.8 Å². The molecule has 1 saturated heterocycles. The lowest BCUT2D eigenvalue weighted by molar-refractivity contribution is -0.145. The molecule has 6 rings (SSSR count). The summed E-state index contributed by atoms with van der Waals surface area (Å²) >= 11 is 0. The van der Waals surface area contributed by atoms with Crippen molar-refractivity contribution in [3.8, 4) is 17.0 Å². The first kappa shape index (κ1) is 35.8. The number of pyridine rings is 1. The van der Waals surface area contributed by atoms with Crippen LogP contribution in [0.3, 0.4) is 0 Å². The van der Waals surface area contributed by atoms with Crippen molar-refractivity contribution in [2.45, 2.75) is 75.7 Å². The largest absolute Gasteiger partial charge is 0.488 e. The second-order valence-corrected chi connectivity index (χ2v) is 14.5.